The summed E-state index contributed by atoms with van der Waals surface area (Å²) >= 11 is 1.53. The Morgan fingerprint density at radius 1 is 1.19 bits per heavy atom. The molecule has 27 heavy (non-hydrogen) atoms. The highest BCUT2D eigenvalue weighted by Crippen LogP contribution is 2.35. The molecule has 3 heterocycles. The van der Waals surface area contributed by atoms with Gasteiger partial charge in [0.1, 0.15) is 43.4 Å². The van der Waals surface area contributed by atoms with Gasteiger partial charge < -0.3 is 20.0 Å². The number of fused-ring (bicyclic) bond motifs is 1. The van der Waals surface area contributed by atoms with E-state index in [0.717, 1.165) is 42.6 Å². The number of rotatable bonds is 5. The molecule has 2 aromatic heterocycles. The summed E-state index contributed by atoms with van der Waals surface area (Å²) in [5.74, 6) is 0.880. The number of quaternary nitrogens is 2. The Morgan fingerprint density at radius 2 is 1.93 bits per heavy atom. The van der Waals surface area contributed by atoms with Crippen LogP contribution in [0.1, 0.15) is 27.9 Å². The first-order valence-corrected chi connectivity index (χ1v) is 10.3. The minimum atomic E-state index is 0.0654. The zero-order chi connectivity index (χ0) is 19.0. The van der Waals surface area contributed by atoms with E-state index in [9.17, 15) is 10.2 Å². The lowest BCUT2D eigenvalue weighted by Gasteiger charge is -2.34. The Balaban J connectivity index is 1.73. The summed E-state index contributed by atoms with van der Waals surface area (Å²) in [5.41, 5.74) is 2.48. The molecule has 0 saturated carbocycles. The van der Waals surface area contributed by atoms with Gasteiger partial charge in [0.15, 0.2) is 6.04 Å². The molecule has 3 aromatic rings. The summed E-state index contributed by atoms with van der Waals surface area (Å²) in [5, 5.41) is 24.5. The fraction of sp³-hybridized carbons (Fsp3) is 0.474. The number of nitrogens with zero attached hydrogens (tertiary/aromatic N) is 3. The Kier molecular flexibility index (Phi) is 5.14. The predicted octanol–water partition coefficient (Wildman–Crippen LogP) is -1.02. The van der Waals surface area contributed by atoms with E-state index in [1.54, 1.807) is 4.52 Å². The smallest absolute Gasteiger partial charge is 0.235 e. The summed E-state index contributed by atoms with van der Waals surface area (Å²) < 4.78 is 1.56. The van der Waals surface area contributed by atoms with E-state index in [2.05, 4.69) is 41.3 Å². The number of hydrogen-bond donors (Lipinski definition) is 4. The average molecular weight is 390 g/mol. The van der Waals surface area contributed by atoms with Gasteiger partial charge in [-0.05, 0) is 19.4 Å². The van der Waals surface area contributed by atoms with Gasteiger partial charge in [-0.15, -0.1) is 5.10 Å². The van der Waals surface area contributed by atoms with E-state index >= 15 is 0 Å². The molecule has 0 aliphatic carbocycles. The van der Waals surface area contributed by atoms with E-state index in [0.29, 0.717) is 5.82 Å². The maximum atomic E-state index is 10.9. The molecule has 1 atom stereocenters. The number of aromatic hydroxyl groups is 1. The van der Waals surface area contributed by atoms with Crippen molar-refractivity contribution < 1.29 is 20.0 Å². The van der Waals surface area contributed by atoms with E-state index < -0.39 is 0 Å². The number of benzene rings is 1. The second-order valence-corrected chi connectivity index (χ2v) is 8.32. The minimum Gasteiger partial charge on any atom is -0.492 e. The van der Waals surface area contributed by atoms with Crippen molar-refractivity contribution in [1.82, 2.24) is 14.6 Å². The number of piperazine rings is 1. The maximum absolute atomic E-state index is 10.9. The van der Waals surface area contributed by atoms with Crippen LogP contribution in [0.25, 0.3) is 4.96 Å². The molecule has 0 bridgehead atoms. The first-order valence-electron chi connectivity index (χ1n) is 9.48. The quantitative estimate of drug-likeness (QED) is 0.450. The van der Waals surface area contributed by atoms with Gasteiger partial charge >= 0.3 is 0 Å². The van der Waals surface area contributed by atoms with Crippen LogP contribution in [-0.2, 0) is 0 Å². The highest BCUT2D eigenvalue weighted by molar-refractivity contribution is 7.17. The van der Waals surface area contributed by atoms with Crippen LogP contribution in [0.4, 0.5) is 0 Å². The second kappa shape index (κ2) is 7.55. The molecule has 1 aromatic carbocycles. The zero-order valence-electron chi connectivity index (χ0n) is 15.8. The molecular weight excluding hydrogens is 362 g/mol. The standard InChI is InChI=1S/C19H25N5O2S/c1-13-5-3-4-6-15(13)16(23-9-7-22(8-10-23)11-12-25)17-18(26)24-19(27-17)20-14(2)21-24/h3-6,16,25-26H,7-12H2,1-2H3/p+2/t16-/m1/s1. The fourth-order valence-corrected chi connectivity index (χ4v) is 5.29. The predicted molar refractivity (Wildman–Crippen MR) is 104 cm³/mol. The first-order chi connectivity index (χ1) is 13.1. The van der Waals surface area contributed by atoms with Crippen LogP contribution >= 0.6 is 11.3 Å². The molecule has 4 rings (SSSR count). The van der Waals surface area contributed by atoms with Crippen LogP contribution in [0, 0.1) is 13.8 Å². The highest BCUT2D eigenvalue weighted by atomic mass is 32.1. The van der Waals surface area contributed by atoms with Crippen LogP contribution in [0.5, 0.6) is 5.88 Å². The van der Waals surface area contributed by atoms with Crippen molar-refractivity contribution in [3.05, 3.63) is 46.1 Å². The molecular formula is C19H27N5O2S+2. The fourth-order valence-electron chi connectivity index (χ4n) is 4.11. The number of aliphatic hydroxyl groups is 1. The normalized spacial score (nSPS) is 21.6. The Labute approximate surface area is 162 Å². The molecule has 1 aliphatic heterocycles. The van der Waals surface area contributed by atoms with Crippen molar-refractivity contribution in [3.8, 4) is 5.88 Å². The molecule has 1 fully saturated rings. The molecule has 0 radical (unpaired) electrons. The zero-order valence-corrected chi connectivity index (χ0v) is 16.6. The summed E-state index contributed by atoms with van der Waals surface area (Å²) in [6.07, 6.45) is 0. The molecule has 7 nitrogen and oxygen atoms in total. The maximum Gasteiger partial charge on any atom is 0.235 e. The SMILES string of the molecule is Cc1nc2sc([C@@H](c3ccccc3C)[NH+]3CC[NH+](CCO)CC3)c(O)n2n1. The van der Waals surface area contributed by atoms with Crippen LogP contribution in [-0.4, -0.2) is 64.1 Å². The van der Waals surface area contributed by atoms with Gasteiger partial charge in [0.2, 0.25) is 10.8 Å². The number of nitrogens with one attached hydrogen (secondary N) is 2. The minimum absolute atomic E-state index is 0.0654. The summed E-state index contributed by atoms with van der Waals surface area (Å²) in [7, 11) is 0. The van der Waals surface area contributed by atoms with Gasteiger partial charge in [-0.1, -0.05) is 35.6 Å². The monoisotopic (exact) mass is 389 g/mol. The van der Waals surface area contributed by atoms with Crippen molar-refractivity contribution in [1.29, 1.82) is 0 Å². The second-order valence-electron chi connectivity index (χ2n) is 7.31. The van der Waals surface area contributed by atoms with Crippen LogP contribution in [0.3, 0.4) is 0 Å². The van der Waals surface area contributed by atoms with Gasteiger partial charge in [0.05, 0.1) is 6.61 Å². The lowest BCUT2D eigenvalue weighted by Crippen LogP contribution is -3.28. The van der Waals surface area contributed by atoms with Crippen LogP contribution in [0.15, 0.2) is 24.3 Å². The number of aromatic nitrogens is 3. The molecule has 1 saturated heterocycles. The molecule has 4 N–H and O–H groups in total. The lowest BCUT2D eigenvalue weighted by molar-refractivity contribution is -1.02. The number of thiazole rings is 1. The van der Waals surface area contributed by atoms with Crippen molar-refractivity contribution in [3.63, 3.8) is 0 Å². The van der Waals surface area contributed by atoms with Crippen molar-refractivity contribution in [2.45, 2.75) is 19.9 Å². The van der Waals surface area contributed by atoms with E-state index in [1.807, 2.05) is 6.92 Å². The van der Waals surface area contributed by atoms with E-state index in [-0.39, 0.29) is 18.5 Å². The Morgan fingerprint density at radius 3 is 2.59 bits per heavy atom. The molecule has 144 valence electrons. The average Bonchev–Trinajstić information content (AvgIpc) is 3.16. The summed E-state index contributed by atoms with van der Waals surface area (Å²) in [6, 6.07) is 8.49. The topological polar surface area (TPSA) is 79.5 Å². The third kappa shape index (κ3) is 3.45. The first kappa shape index (κ1) is 18.4. The number of aliphatic hydroxyl groups excluding tert-OH is 1. The summed E-state index contributed by atoms with van der Waals surface area (Å²) in [4.78, 5) is 9.01. The third-order valence-corrected chi connectivity index (χ3v) is 6.63. The number of hydrogen-bond acceptors (Lipinski definition) is 5. The van der Waals surface area contributed by atoms with Crippen molar-refractivity contribution in [2.75, 3.05) is 39.3 Å². The molecule has 8 heteroatoms. The molecule has 0 unspecified atom stereocenters. The largest absolute Gasteiger partial charge is 0.492 e. The van der Waals surface area contributed by atoms with Crippen molar-refractivity contribution in [2.24, 2.45) is 0 Å². The van der Waals surface area contributed by atoms with Gasteiger partial charge in [-0.25, -0.2) is 4.98 Å². The molecule has 0 spiro atoms. The highest BCUT2D eigenvalue weighted by Gasteiger charge is 2.36. The molecule has 0 amide bonds. The van der Waals surface area contributed by atoms with Gasteiger partial charge in [0, 0.05) is 5.56 Å². The third-order valence-electron chi connectivity index (χ3n) is 5.54. The Hall–Kier alpha value is -2.00. The van der Waals surface area contributed by atoms with Crippen molar-refractivity contribution >= 4 is 16.3 Å². The van der Waals surface area contributed by atoms with E-state index in [1.165, 1.54) is 32.3 Å². The van der Waals surface area contributed by atoms with Gasteiger partial charge in [-0.3, -0.25) is 0 Å². The van der Waals surface area contributed by atoms with Gasteiger partial charge in [0.25, 0.3) is 0 Å². The van der Waals surface area contributed by atoms with E-state index in [4.69, 9.17) is 0 Å². The van der Waals surface area contributed by atoms with Crippen LogP contribution in [0.2, 0.25) is 0 Å². The number of aryl methyl sites for hydroxylation is 2. The Bertz CT molecular complexity index is 929. The van der Waals surface area contributed by atoms with Crippen LogP contribution < -0.4 is 9.80 Å². The summed E-state index contributed by atoms with van der Waals surface area (Å²) in [6.45, 7) is 9.07. The molecule has 1 aliphatic rings. The van der Waals surface area contributed by atoms with Gasteiger partial charge in [-0.2, -0.15) is 4.52 Å². The lowest BCUT2D eigenvalue weighted by atomic mass is 9.98.